The summed E-state index contributed by atoms with van der Waals surface area (Å²) in [4.78, 5) is 16.0. The summed E-state index contributed by atoms with van der Waals surface area (Å²) in [6.07, 6.45) is 3.46. The molecule has 1 aromatic carbocycles. The average molecular weight is 373 g/mol. The third-order valence-corrected chi connectivity index (χ3v) is 3.20. The Morgan fingerprint density at radius 2 is 1.89 bits per heavy atom. The highest BCUT2D eigenvalue weighted by Gasteiger charge is 2.10. The van der Waals surface area contributed by atoms with Crippen LogP contribution in [0.5, 0.6) is 0 Å². The first-order valence-corrected chi connectivity index (χ1v) is 6.72. The molecule has 0 radical (unpaired) electrons. The topological polar surface area (TPSA) is 30.0 Å². The van der Waals surface area contributed by atoms with Gasteiger partial charge in [0.2, 0.25) is 0 Å². The van der Waals surface area contributed by atoms with Gasteiger partial charge in [-0.15, -0.1) is 0 Å². The van der Waals surface area contributed by atoms with Crippen LogP contribution in [0.4, 0.5) is 4.39 Å². The van der Waals surface area contributed by atoms with Gasteiger partial charge in [0.15, 0.2) is 5.78 Å². The lowest BCUT2D eigenvalue weighted by Crippen LogP contribution is -2.04. The van der Waals surface area contributed by atoms with Crippen LogP contribution in [0.1, 0.15) is 15.9 Å². The highest BCUT2D eigenvalue weighted by atomic mass is 79.9. The van der Waals surface area contributed by atoms with Crippen LogP contribution in [0.15, 0.2) is 45.6 Å². The zero-order valence-electron chi connectivity index (χ0n) is 9.16. The molecule has 0 saturated carbocycles. The number of hydrogen-bond acceptors (Lipinski definition) is 2. The predicted octanol–water partition coefficient (Wildman–Crippen LogP) is 4.17. The van der Waals surface area contributed by atoms with Crippen LogP contribution in [0.25, 0.3) is 0 Å². The van der Waals surface area contributed by atoms with Crippen molar-refractivity contribution >= 4 is 37.6 Å². The number of halogens is 3. The Hall–Kier alpha value is -1.07. The monoisotopic (exact) mass is 371 g/mol. The van der Waals surface area contributed by atoms with Gasteiger partial charge in [0, 0.05) is 33.3 Å². The lowest BCUT2D eigenvalue weighted by Gasteiger charge is -2.03. The summed E-state index contributed by atoms with van der Waals surface area (Å²) in [6.45, 7) is 0. The van der Waals surface area contributed by atoms with E-state index in [1.165, 1.54) is 12.1 Å². The van der Waals surface area contributed by atoms with Crippen molar-refractivity contribution in [1.29, 1.82) is 0 Å². The molecule has 92 valence electrons. The van der Waals surface area contributed by atoms with Crippen LogP contribution >= 0.6 is 31.9 Å². The number of nitrogens with zero attached hydrogens (tertiary/aromatic N) is 1. The molecule has 0 aliphatic carbocycles. The minimum Gasteiger partial charge on any atom is -0.294 e. The number of pyridine rings is 1. The number of carbonyl (C=O) groups excluding carboxylic acids is 1. The third-order valence-electron chi connectivity index (χ3n) is 2.31. The lowest BCUT2D eigenvalue weighted by molar-refractivity contribution is 0.0992. The molecule has 18 heavy (non-hydrogen) atoms. The summed E-state index contributed by atoms with van der Waals surface area (Å²) in [5, 5.41) is 0. The Balaban J connectivity index is 2.22. The largest absolute Gasteiger partial charge is 0.294 e. The fraction of sp³-hybridized carbons (Fsp3) is 0.0769. The molecule has 1 aromatic heterocycles. The Labute approximate surface area is 121 Å². The maximum atomic E-state index is 13.2. The van der Waals surface area contributed by atoms with Gasteiger partial charge in [-0.25, -0.2) is 4.39 Å². The number of hydrogen-bond donors (Lipinski definition) is 0. The van der Waals surface area contributed by atoms with Crippen molar-refractivity contribution in [2.45, 2.75) is 6.42 Å². The summed E-state index contributed by atoms with van der Waals surface area (Å²) in [6, 6.07) is 5.98. The van der Waals surface area contributed by atoms with E-state index in [1.807, 2.05) is 6.07 Å². The van der Waals surface area contributed by atoms with Crippen molar-refractivity contribution in [2.24, 2.45) is 0 Å². The summed E-state index contributed by atoms with van der Waals surface area (Å²) >= 11 is 6.46. The first-order valence-electron chi connectivity index (χ1n) is 5.13. The number of benzene rings is 1. The van der Waals surface area contributed by atoms with Crippen LogP contribution in [0.2, 0.25) is 0 Å². The molecule has 0 bridgehead atoms. The van der Waals surface area contributed by atoms with Crippen LogP contribution in [-0.4, -0.2) is 10.8 Å². The summed E-state index contributed by atoms with van der Waals surface area (Å²) in [7, 11) is 0. The summed E-state index contributed by atoms with van der Waals surface area (Å²) in [5.41, 5.74) is 1.14. The van der Waals surface area contributed by atoms with Crippen LogP contribution < -0.4 is 0 Å². The zero-order valence-corrected chi connectivity index (χ0v) is 12.3. The van der Waals surface area contributed by atoms with Crippen molar-refractivity contribution in [1.82, 2.24) is 4.98 Å². The molecule has 0 aliphatic heterocycles. The molecular weight excluding hydrogens is 365 g/mol. The SMILES string of the molecule is O=C(Cc1cncc(Br)c1)c1cc(F)cc(Br)c1. The fourth-order valence-electron chi connectivity index (χ4n) is 1.55. The van der Waals surface area contributed by atoms with Gasteiger partial charge in [0.05, 0.1) is 0 Å². The van der Waals surface area contributed by atoms with E-state index in [1.54, 1.807) is 18.5 Å². The minimum atomic E-state index is -0.430. The van der Waals surface area contributed by atoms with Crippen molar-refractivity contribution < 1.29 is 9.18 Å². The second-order valence-corrected chi connectivity index (χ2v) is 5.60. The fourth-order valence-corrected chi connectivity index (χ4v) is 2.43. The van der Waals surface area contributed by atoms with Crippen molar-refractivity contribution in [3.05, 3.63) is 62.5 Å². The molecule has 0 N–H and O–H groups in total. The third kappa shape index (κ3) is 3.46. The van der Waals surface area contributed by atoms with E-state index in [0.717, 1.165) is 10.0 Å². The molecular formula is C13H8Br2FNO. The number of carbonyl (C=O) groups is 1. The van der Waals surface area contributed by atoms with Gasteiger partial charge in [-0.3, -0.25) is 9.78 Å². The first kappa shape index (κ1) is 13.4. The van der Waals surface area contributed by atoms with E-state index in [2.05, 4.69) is 36.8 Å². The van der Waals surface area contributed by atoms with Crippen molar-refractivity contribution in [3.8, 4) is 0 Å². The van der Waals surface area contributed by atoms with Crippen molar-refractivity contribution in [2.75, 3.05) is 0 Å². The average Bonchev–Trinajstić information content (AvgIpc) is 2.27. The van der Waals surface area contributed by atoms with E-state index in [9.17, 15) is 9.18 Å². The van der Waals surface area contributed by atoms with Crippen molar-refractivity contribution in [3.63, 3.8) is 0 Å². The lowest BCUT2D eigenvalue weighted by atomic mass is 10.0. The number of Topliss-reactive ketones (excluding diaryl/α,β-unsaturated/α-hetero) is 1. The Kier molecular flexibility index (Phi) is 4.24. The summed E-state index contributed by atoms with van der Waals surface area (Å²) < 4.78 is 14.6. The maximum Gasteiger partial charge on any atom is 0.167 e. The van der Waals surface area contributed by atoms with Gasteiger partial charge >= 0.3 is 0 Å². The highest BCUT2D eigenvalue weighted by Crippen LogP contribution is 2.17. The van der Waals surface area contributed by atoms with E-state index >= 15 is 0 Å². The van der Waals surface area contributed by atoms with Gasteiger partial charge in [-0.1, -0.05) is 15.9 Å². The molecule has 1 heterocycles. The molecule has 0 aliphatic rings. The number of aromatic nitrogens is 1. The van der Waals surface area contributed by atoms with E-state index in [-0.39, 0.29) is 12.2 Å². The van der Waals surface area contributed by atoms with Crippen LogP contribution in [-0.2, 0) is 6.42 Å². The smallest absolute Gasteiger partial charge is 0.167 e. The maximum absolute atomic E-state index is 13.2. The molecule has 0 fully saturated rings. The minimum absolute atomic E-state index is 0.143. The molecule has 0 spiro atoms. The number of rotatable bonds is 3. The second-order valence-electron chi connectivity index (χ2n) is 3.77. The molecule has 2 rings (SSSR count). The Morgan fingerprint density at radius 3 is 2.56 bits per heavy atom. The van der Waals surface area contributed by atoms with E-state index in [4.69, 9.17) is 0 Å². The Bertz CT molecular complexity index is 581. The molecule has 0 saturated heterocycles. The van der Waals surface area contributed by atoms with Gasteiger partial charge in [-0.05, 0) is 45.8 Å². The van der Waals surface area contributed by atoms with E-state index < -0.39 is 5.82 Å². The van der Waals surface area contributed by atoms with Gasteiger partial charge < -0.3 is 0 Å². The Morgan fingerprint density at radius 1 is 1.11 bits per heavy atom. The second kappa shape index (κ2) is 5.71. The van der Waals surface area contributed by atoms with Crippen LogP contribution in [0.3, 0.4) is 0 Å². The zero-order chi connectivity index (χ0) is 13.1. The standard InChI is InChI=1S/C13H8Br2FNO/c14-10-3-9(4-12(16)5-10)13(18)2-8-1-11(15)7-17-6-8/h1,3-7H,2H2. The highest BCUT2D eigenvalue weighted by molar-refractivity contribution is 9.10. The molecule has 0 unspecified atom stereocenters. The molecule has 0 amide bonds. The van der Waals surface area contributed by atoms with Gasteiger partial charge in [-0.2, -0.15) is 0 Å². The predicted molar refractivity (Wildman–Crippen MR) is 74.1 cm³/mol. The number of ketones is 1. The molecule has 2 nitrogen and oxygen atoms in total. The molecule has 0 atom stereocenters. The normalized spacial score (nSPS) is 10.4. The van der Waals surface area contributed by atoms with Crippen LogP contribution in [0, 0.1) is 5.82 Å². The molecule has 2 aromatic rings. The van der Waals surface area contributed by atoms with Gasteiger partial charge in [0.1, 0.15) is 5.82 Å². The van der Waals surface area contributed by atoms with E-state index in [0.29, 0.717) is 10.0 Å². The quantitative estimate of drug-likeness (QED) is 0.757. The molecule has 5 heteroatoms. The first-order chi connectivity index (χ1) is 8.54. The van der Waals surface area contributed by atoms with Gasteiger partial charge in [0.25, 0.3) is 0 Å². The summed E-state index contributed by atoms with van der Waals surface area (Å²) in [5.74, 6) is -0.574.